The number of hydrogen-bond acceptors (Lipinski definition) is 4. The Morgan fingerprint density at radius 2 is 2.08 bits per heavy atom. The van der Waals surface area contributed by atoms with Gasteiger partial charge in [0, 0.05) is 34.2 Å². The van der Waals surface area contributed by atoms with Gasteiger partial charge in [-0.25, -0.2) is 0 Å². The zero-order chi connectivity index (χ0) is 18.3. The van der Waals surface area contributed by atoms with Gasteiger partial charge in [-0.3, -0.25) is 4.68 Å². The fourth-order valence-corrected chi connectivity index (χ4v) is 3.43. The summed E-state index contributed by atoms with van der Waals surface area (Å²) in [6.45, 7) is 2.61. The summed E-state index contributed by atoms with van der Waals surface area (Å²) >= 11 is 0. The van der Waals surface area contributed by atoms with Gasteiger partial charge < -0.3 is 14.5 Å². The molecule has 1 N–H and O–H groups in total. The lowest BCUT2D eigenvalue weighted by Crippen LogP contribution is -2.03. The molecule has 0 saturated carbocycles. The molecular formula is C20H18N4O2. The van der Waals surface area contributed by atoms with Crippen LogP contribution in [0, 0.1) is 18.3 Å². The van der Waals surface area contributed by atoms with Gasteiger partial charge in [0.2, 0.25) is 0 Å². The van der Waals surface area contributed by atoms with Gasteiger partial charge >= 0.3 is 0 Å². The van der Waals surface area contributed by atoms with E-state index in [9.17, 15) is 5.26 Å². The molecule has 0 spiro atoms. The van der Waals surface area contributed by atoms with Crippen molar-refractivity contribution in [3.63, 3.8) is 0 Å². The van der Waals surface area contributed by atoms with E-state index in [1.54, 1.807) is 20.3 Å². The molecule has 2 aromatic heterocycles. The van der Waals surface area contributed by atoms with Crippen molar-refractivity contribution >= 4 is 21.8 Å². The number of aromatic amines is 1. The molecule has 130 valence electrons. The molecule has 26 heavy (non-hydrogen) atoms. The second-order valence-electron chi connectivity index (χ2n) is 6.16. The first-order valence-corrected chi connectivity index (χ1v) is 8.24. The molecule has 0 aliphatic carbocycles. The molecule has 0 radical (unpaired) electrons. The van der Waals surface area contributed by atoms with Gasteiger partial charge in [-0.05, 0) is 36.8 Å². The third-order valence-corrected chi connectivity index (χ3v) is 4.66. The predicted octanol–water partition coefficient (Wildman–Crippen LogP) is 3.76. The van der Waals surface area contributed by atoms with Crippen LogP contribution in [0.2, 0.25) is 0 Å². The number of nitriles is 1. The molecule has 0 amide bonds. The first kappa shape index (κ1) is 16.0. The normalized spacial score (nSPS) is 11.0. The number of rotatable bonds is 4. The number of aromatic nitrogens is 3. The molecule has 0 saturated heterocycles. The highest BCUT2D eigenvalue weighted by Gasteiger charge is 2.16. The van der Waals surface area contributed by atoms with Crippen LogP contribution in [0.4, 0.5) is 0 Å². The summed E-state index contributed by atoms with van der Waals surface area (Å²) in [4.78, 5) is 3.28. The van der Waals surface area contributed by atoms with E-state index in [2.05, 4.69) is 29.1 Å². The molecule has 0 aliphatic rings. The lowest BCUT2D eigenvalue weighted by Gasteiger charge is -2.12. The number of hydrogen-bond donors (Lipinski definition) is 1. The van der Waals surface area contributed by atoms with Gasteiger partial charge in [-0.15, -0.1) is 0 Å². The standard InChI is InChI=1S/C20H18N4O2/c1-12-8-17(25-2)16(15-6-7-22-18(12)15)11-24-10-14-5-4-13(9-21)20(26-3)19(14)23-24/h4-8,10,22H,11H2,1-3H3. The van der Waals surface area contributed by atoms with Crippen molar-refractivity contribution in [1.29, 1.82) is 5.26 Å². The predicted molar refractivity (Wildman–Crippen MR) is 99.7 cm³/mol. The minimum absolute atomic E-state index is 0.478. The van der Waals surface area contributed by atoms with Gasteiger partial charge in [0.1, 0.15) is 17.3 Å². The molecule has 2 heterocycles. The van der Waals surface area contributed by atoms with Crippen molar-refractivity contribution in [3.8, 4) is 17.6 Å². The fraction of sp³-hybridized carbons (Fsp3) is 0.200. The van der Waals surface area contributed by atoms with Crippen LogP contribution in [0.1, 0.15) is 16.7 Å². The van der Waals surface area contributed by atoms with Crippen LogP contribution in [0.5, 0.6) is 11.5 Å². The molecular weight excluding hydrogens is 328 g/mol. The summed E-state index contributed by atoms with van der Waals surface area (Å²) in [5.74, 6) is 1.34. The molecule has 4 rings (SSSR count). The van der Waals surface area contributed by atoms with Crippen LogP contribution in [-0.4, -0.2) is 29.0 Å². The summed E-state index contributed by atoms with van der Waals surface area (Å²) in [7, 11) is 3.24. The average Bonchev–Trinajstić information content (AvgIpc) is 3.29. The van der Waals surface area contributed by atoms with E-state index in [4.69, 9.17) is 9.47 Å². The molecule has 2 aromatic carbocycles. The maximum Gasteiger partial charge on any atom is 0.164 e. The maximum atomic E-state index is 9.26. The quantitative estimate of drug-likeness (QED) is 0.610. The van der Waals surface area contributed by atoms with Gasteiger partial charge in [-0.2, -0.15) is 10.4 Å². The highest BCUT2D eigenvalue weighted by molar-refractivity contribution is 5.89. The van der Waals surface area contributed by atoms with Crippen LogP contribution in [0.25, 0.3) is 21.8 Å². The summed E-state index contributed by atoms with van der Waals surface area (Å²) in [5, 5.41) is 16.0. The Bertz CT molecular complexity index is 1160. The van der Waals surface area contributed by atoms with Gasteiger partial charge in [0.05, 0.1) is 26.3 Å². The summed E-state index contributed by atoms with van der Waals surface area (Å²) in [6, 6.07) is 9.87. The smallest absolute Gasteiger partial charge is 0.164 e. The van der Waals surface area contributed by atoms with E-state index < -0.39 is 0 Å². The van der Waals surface area contributed by atoms with Crippen LogP contribution in [0.15, 0.2) is 36.7 Å². The Balaban J connectivity index is 1.86. The molecule has 0 bridgehead atoms. The maximum absolute atomic E-state index is 9.26. The second-order valence-corrected chi connectivity index (χ2v) is 6.16. The Morgan fingerprint density at radius 3 is 2.81 bits per heavy atom. The molecule has 0 unspecified atom stereocenters. The second kappa shape index (κ2) is 6.12. The van der Waals surface area contributed by atoms with E-state index in [1.165, 1.54) is 0 Å². The summed E-state index contributed by atoms with van der Waals surface area (Å²) in [5.41, 5.74) is 4.45. The number of nitrogens with zero attached hydrogens (tertiary/aromatic N) is 3. The topological polar surface area (TPSA) is 75.9 Å². The number of ether oxygens (including phenoxy) is 2. The average molecular weight is 346 g/mol. The molecule has 0 fully saturated rings. The number of nitrogens with one attached hydrogen (secondary N) is 1. The Kier molecular flexibility index (Phi) is 3.77. The fourth-order valence-electron chi connectivity index (χ4n) is 3.43. The van der Waals surface area contributed by atoms with Gasteiger partial charge in [0.15, 0.2) is 5.75 Å². The van der Waals surface area contributed by atoms with E-state index in [1.807, 2.05) is 29.2 Å². The first-order chi connectivity index (χ1) is 12.7. The van der Waals surface area contributed by atoms with Crippen molar-refractivity contribution in [2.45, 2.75) is 13.5 Å². The lowest BCUT2D eigenvalue weighted by atomic mass is 10.0. The summed E-state index contributed by atoms with van der Waals surface area (Å²) in [6.07, 6.45) is 3.89. The van der Waals surface area contributed by atoms with Crippen molar-refractivity contribution in [3.05, 3.63) is 53.3 Å². The Morgan fingerprint density at radius 1 is 1.23 bits per heavy atom. The third-order valence-electron chi connectivity index (χ3n) is 4.66. The minimum Gasteiger partial charge on any atom is -0.496 e. The number of methoxy groups -OCH3 is 2. The molecule has 4 aromatic rings. The zero-order valence-electron chi connectivity index (χ0n) is 14.8. The molecule has 0 atom stereocenters. The van der Waals surface area contributed by atoms with Gasteiger partial charge in [0.25, 0.3) is 0 Å². The number of H-pyrrole nitrogens is 1. The lowest BCUT2D eigenvalue weighted by molar-refractivity contribution is 0.408. The van der Waals surface area contributed by atoms with Crippen molar-refractivity contribution < 1.29 is 9.47 Å². The monoisotopic (exact) mass is 346 g/mol. The largest absolute Gasteiger partial charge is 0.496 e. The number of fused-ring (bicyclic) bond motifs is 2. The molecule has 6 heteroatoms. The van der Waals surface area contributed by atoms with E-state index in [0.29, 0.717) is 23.4 Å². The Labute approximate surface area is 150 Å². The van der Waals surface area contributed by atoms with Crippen LogP contribution in [-0.2, 0) is 6.54 Å². The van der Waals surface area contributed by atoms with Gasteiger partial charge in [-0.1, -0.05) is 0 Å². The molecule has 0 aliphatic heterocycles. The minimum atomic E-state index is 0.478. The highest BCUT2D eigenvalue weighted by atomic mass is 16.5. The SMILES string of the molecule is COc1cc(C)c2[nH]ccc2c1Cn1cc2ccc(C#N)c(OC)c2n1. The zero-order valence-corrected chi connectivity index (χ0v) is 14.8. The van der Waals surface area contributed by atoms with Crippen molar-refractivity contribution in [2.75, 3.05) is 14.2 Å². The number of aryl methyl sites for hydroxylation is 1. The van der Waals surface area contributed by atoms with Crippen molar-refractivity contribution in [2.24, 2.45) is 0 Å². The van der Waals surface area contributed by atoms with E-state index >= 15 is 0 Å². The van der Waals surface area contributed by atoms with Crippen LogP contribution >= 0.6 is 0 Å². The number of benzene rings is 2. The van der Waals surface area contributed by atoms with Crippen molar-refractivity contribution in [1.82, 2.24) is 14.8 Å². The first-order valence-electron chi connectivity index (χ1n) is 8.24. The third kappa shape index (κ3) is 2.37. The molecule has 6 nitrogen and oxygen atoms in total. The highest BCUT2D eigenvalue weighted by Crippen LogP contribution is 2.32. The van der Waals surface area contributed by atoms with E-state index in [0.717, 1.165) is 33.2 Å². The Hall–Kier alpha value is -3.46. The van der Waals surface area contributed by atoms with Crippen LogP contribution < -0.4 is 9.47 Å². The van der Waals surface area contributed by atoms with Crippen LogP contribution in [0.3, 0.4) is 0 Å². The summed E-state index contributed by atoms with van der Waals surface area (Å²) < 4.78 is 12.9. The van der Waals surface area contributed by atoms with E-state index in [-0.39, 0.29) is 0 Å².